The summed E-state index contributed by atoms with van der Waals surface area (Å²) in [6, 6.07) is 1.85. The van der Waals surface area contributed by atoms with E-state index in [-0.39, 0.29) is 6.61 Å². The van der Waals surface area contributed by atoms with E-state index < -0.39 is 6.10 Å². The molecular formula is C14H21N5O3S. The Labute approximate surface area is 138 Å². The van der Waals surface area contributed by atoms with Crippen molar-refractivity contribution in [1.29, 1.82) is 0 Å². The molecule has 0 saturated heterocycles. The van der Waals surface area contributed by atoms with Gasteiger partial charge in [-0.05, 0) is 18.7 Å². The third-order valence-corrected chi connectivity index (χ3v) is 4.32. The van der Waals surface area contributed by atoms with Gasteiger partial charge in [0, 0.05) is 19.6 Å². The Kier molecular flexibility index (Phi) is 5.31. The zero-order chi connectivity index (χ0) is 16.2. The van der Waals surface area contributed by atoms with Gasteiger partial charge in [0.15, 0.2) is 5.82 Å². The van der Waals surface area contributed by atoms with Crippen molar-refractivity contribution in [3.63, 3.8) is 0 Å². The molecule has 3 rings (SSSR count). The van der Waals surface area contributed by atoms with E-state index in [4.69, 9.17) is 9.63 Å². The molecule has 0 bridgehead atoms. The van der Waals surface area contributed by atoms with Gasteiger partial charge in [-0.25, -0.2) is 0 Å². The summed E-state index contributed by atoms with van der Waals surface area (Å²) in [4.78, 5) is 6.62. The van der Waals surface area contributed by atoms with Crippen molar-refractivity contribution in [3.05, 3.63) is 29.2 Å². The van der Waals surface area contributed by atoms with Gasteiger partial charge in [0.25, 0.3) is 0 Å². The Bertz CT molecular complexity index is 644. The number of aliphatic hydroxyl groups is 2. The maximum absolute atomic E-state index is 9.73. The predicted octanol–water partition coefficient (Wildman–Crippen LogP) is 0.561. The molecule has 2 N–H and O–H groups in total. The third kappa shape index (κ3) is 3.92. The fourth-order valence-electron chi connectivity index (χ4n) is 2.68. The molecule has 8 nitrogen and oxygen atoms in total. The Morgan fingerprint density at radius 3 is 3.09 bits per heavy atom. The largest absolute Gasteiger partial charge is 0.393 e. The van der Waals surface area contributed by atoms with Crippen LogP contribution in [0.4, 0.5) is 0 Å². The summed E-state index contributed by atoms with van der Waals surface area (Å²) in [6.45, 7) is 2.70. The lowest BCUT2D eigenvalue weighted by atomic mass is 10.2. The van der Waals surface area contributed by atoms with E-state index in [0.717, 1.165) is 36.8 Å². The number of aryl methyl sites for hydroxylation is 1. The van der Waals surface area contributed by atoms with Crippen LogP contribution in [0.15, 0.2) is 10.6 Å². The molecule has 3 heterocycles. The molecule has 0 saturated carbocycles. The van der Waals surface area contributed by atoms with E-state index in [9.17, 15) is 5.11 Å². The maximum atomic E-state index is 9.73. The van der Waals surface area contributed by atoms with Crippen LogP contribution in [0.5, 0.6) is 0 Å². The summed E-state index contributed by atoms with van der Waals surface area (Å²) < 4.78 is 7.20. The molecule has 0 radical (unpaired) electrons. The SMILES string of the molecule is CSCc1noc(CN2CCCn3nc(C(O)CO)cc3C2)n1. The van der Waals surface area contributed by atoms with Gasteiger partial charge in [-0.2, -0.15) is 21.8 Å². The Morgan fingerprint density at radius 2 is 2.30 bits per heavy atom. The van der Waals surface area contributed by atoms with Crippen molar-refractivity contribution in [1.82, 2.24) is 24.8 Å². The van der Waals surface area contributed by atoms with Crippen LogP contribution < -0.4 is 0 Å². The van der Waals surface area contributed by atoms with Gasteiger partial charge in [0.1, 0.15) is 6.10 Å². The zero-order valence-corrected chi connectivity index (χ0v) is 13.9. The highest BCUT2D eigenvalue weighted by Crippen LogP contribution is 2.19. The van der Waals surface area contributed by atoms with E-state index in [1.165, 1.54) is 0 Å². The first-order chi connectivity index (χ1) is 11.2. The Hall–Kier alpha value is -1.42. The van der Waals surface area contributed by atoms with E-state index in [2.05, 4.69) is 20.1 Å². The minimum atomic E-state index is -0.923. The minimum absolute atomic E-state index is 0.319. The van der Waals surface area contributed by atoms with Crippen LogP contribution in [0.25, 0.3) is 0 Å². The minimum Gasteiger partial charge on any atom is -0.393 e. The van der Waals surface area contributed by atoms with Crippen LogP contribution in [-0.2, 0) is 25.4 Å². The van der Waals surface area contributed by atoms with Crippen molar-refractivity contribution in [3.8, 4) is 0 Å². The standard InChI is InChI=1S/C14H21N5O3S/c1-23-9-13-15-14(22-17-13)7-18-3-2-4-19-10(6-18)5-11(16-19)12(21)8-20/h5,12,20-21H,2-4,6-9H2,1H3. The molecule has 0 aliphatic carbocycles. The second kappa shape index (κ2) is 7.43. The first-order valence-electron chi connectivity index (χ1n) is 7.58. The monoisotopic (exact) mass is 339 g/mol. The van der Waals surface area contributed by atoms with Crippen LogP contribution >= 0.6 is 11.8 Å². The van der Waals surface area contributed by atoms with Gasteiger partial charge < -0.3 is 14.7 Å². The molecule has 0 amide bonds. The quantitative estimate of drug-likeness (QED) is 0.787. The number of aromatic nitrogens is 4. The van der Waals surface area contributed by atoms with E-state index in [1.54, 1.807) is 11.8 Å². The maximum Gasteiger partial charge on any atom is 0.240 e. The summed E-state index contributed by atoms with van der Waals surface area (Å²) >= 11 is 1.66. The number of aliphatic hydroxyl groups excluding tert-OH is 2. The van der Waals surface area contributed by atoms with Crippen LogP contribution in [0.3, 0.4) is 0 Å². The van der Waals surface area contributed by atoms with Gasteiger partial charge in [0.2, 0.25) is 5.89 Å². The molecule has 1 aliphatic rings. The van der Waals surface area contributed by atoms with Crippen molar-refractivity contribution >= 4 is 11.8 Å². The van der Waals surface area contributed by atoms with Crippen molar-refractivity contribution in [2.45, 2.75) is 37.9 Å². The first kappa shape index (κ1) is 16.4. The number of hydrogen-bond acceptors (Lipinski definition) is 8. The fraction of sp³-hybridized carbons (Fsp3) is 0.643. The first-order valence-corrected chi connectivity index (χ1v) is 8.97. The molecule has 2 aromatic heterocycles. The molecule has 0 fully saturated rings. The van der Waals surface area contributed by atoms with E-state index in [1.807, 2.05) is 17.0 Å². The number of thioether (sulfide) groups is 1. The van der Waals surface area contributed by atoms with Crippen molar-refractivity contribution in [2.75, 3.05) is 19.4 Å². The highest BCUT2D eigenvalue weighted by atomic mass is 32.2. The molecule has 1 unspecified atom stereocenters. The van der Waals surface area contributed by atoms with Crippen molar-refractivity contribution in [2.24, 2.45) is 0 Å². The van der Waals surface area contributed by atoms with Gasteiger partial charge in [-0.15, -0.1) is 0 Å². The highest BCUT2D eigenvalue weighted by molar-refractivity contribution is 7.97. The lowest BCUT2D eigenvalue weighted by Crippen LogP contribution is -2.23. The number of fused-ring (bicyclic) bond motifs is 1. The van der Waals surface area contributed by atoms with Gasteiger partial charge in [0.05, 0.1) is 30.3 Å². The van der Waals surface area contributed by atoms with E-state index in [0.29, 0.717) is 24.7 Å². The van der Waals surface area contributed by atoms with Crippen LogP contribution in [0.1, 0.15) is 35.6 Å². The summed E-state index contributed by atoms with van der Waals surface area (Å²) in [6.07, 6.45) is 2.03. The smallest absolute Gasteiger partial charge is 0.240 e. The summed E-state index contributed by atoms with van der Waals surface area (Å²) in [5.41, 5.74) is 1.54. The average Bonchev–Trinajstić information content (AvgIpc) is 3.10. The molecule has 126 valence electrons. The van der Waals surface area contributed by atoms with Gasteiger partial charge in [-0.3, -0.25) is 9.58 Å². The Morgan fingerprint density at radius 1 is 1.43 bits per heavy atom. The third-order valence-electron chi connectivity index (χ3n) is 3.77. The number of hydrogen-bond donors (Lipinski definition) is 2. The van der Waals surface area contributed by atoms with Crippen LogP contribution in [0, 0.1) is 0 Å². The highest BCUT2D eigenvalue weighted by Gasteiger charge is 2.21. The summed E-state index contributed by atoms with van der Waals surface area (Å²) in [5.74, 6) is 2.09. The number of rotatable bonds is 6. The topological polar surface area (TPSA) is 100 Å². The molecular weight excluding hydrogens is 318 g/mol. The molecule has 0 spiro atoms. The second-order valence-electron chi connectivity index (χ2n) is 5.58. The van der Waals surface area contributed by atoms with Gasteiger partial charge >= 0.3 is 0 Å². The molecule has 9 heteroatoms. The number of nitrogens with zero attached hydrogens (tertiary/aromatic N) is 5. The molecule has 23 heavy (non-hydrogen) atoms. The molecule has 1 atom stereocenters. The van der Waals surface area contributed by atoms with Crippen molar-refractivity contribution < 1.29 is 14.7 Å². The lowest BCUT2D eigenvalue weighted by Gasteiger charge is -2.16. The van der Waals surface area contributed by atoms with Crippen LogP contribution in [0.2, 0.25) is 0 Å². The molecule has 0 aromatic carbocycles. The second-order valence-corrected chi connectivity index (χ2v) is 6.45. The zero-order valence-electron chi connectivity index (χ0n) is 13.1. The lowest BCUT2D eigenvalue weighted by molar-refractivity contribution is 0.0916. The van der Waals surface area contributed by atoms with E-state index >= 15 is 0 Å². The summed E-state index contributed by atoms with van der Waals surface area (Å²) in [5, 5.41) is 27.1. The van der Waals surface area contributed by atoms with Crippen LogP contribution in [-0.4, -0.2) is 54.4 Å². The summed E-state index contributed by atoms with van der Waals surface area (Å²) in [7, 11) is 0. The predicted molar refractivity (Wildman–Crippen MR) is 84.5 cm³/mol. The van der Waals surface area contributed by atoms with Gasteiger partial charge in [-0.1, -0.05) is 5.16 Å². The molecule has 2 aromatic rings. The average molecular weight is 339 g/mol. The fourth-order valence-corrected chi connectivity index (χ4v) is 3.05. The normalized spacial score (nSPS) is 17.0. The Balaban J connectivity index is 1.68. The molecule has 1 aliphatic heterocycles.